The number of rotatable bonds is 3. The van der Waals surface area contributed by atoms with E-state index in [2.05, 4.69) is 11.4 Å². The van der Waals surface area contributed by atoms with Crippen molar-refractivity contribution in [1.82, 2.24) is 0 Å². The van der Waals surface area contributed by atoms with Gasteiger partial charge in [0.05, 0.1) is 4.44 Å². The highest BCUT2D eigenvalue weighted by Crippen LogP contribution is 2.71. The zero-order chi connectivity index (χ0) is 11.4. The van der Waals surface area contributed by atoms with Crippen LogP contribution in [-0.4, -0.2) is 10.9 Å². The van der Waals surface area contributed by atoms with Crippen molar-refractivity contribution in [2.45, 2.75) is 75.1 Å². The SMILES string of the molecule is S=P(S)(SC1CCCCC1)C1CCCCC1. The van der Waals surface area contributed by atoms with Crippen LogP contribution in [0.4, 0.5) is 0 Å². The lowest BCUT2D eigenvalue weighted by molar-refractivity contribution is 0.512. The first kappa shape index (κ1) is 13.8. The first-order valence-electron chi connectivity index (χ1n) is 6.69. The van der Waals surface area contributed by atoms with Gasteiger partial charge in [-0.15, -0.1) is 23.6 Å². The minimum Gasteiger partial charge on any atom is -0.131 e. The summed E-state index contributed by atoms with van der Waals surface area (Å²) in [5.41, 5.74) is 0.784. The molecule has 0 aromatic heterocycles. The van der Waals surface area contributed by atoms with Crippen molar-refractivity contribution in [2.75, 3.05) is 0 Å². The molecule has 1 atom stereocenters. The summed E-state index contributed by atoms with van der Waals surface area (Å²) in [4.78, 5) is 0. The zero-order valence-corrected chi connectivity index (χ0v) is 13.4. The predicted octanol–water partition coefficient (Wildman–Crippen LogP) is 5.62. The Labute approximate surface area is 115 Å². The van der Waals surface area contributed by atoms with Gasteiger partial charge in [-0.25, -0.2) is 0 Å². The second-order valence-corrected chi connectivity index (χ2v) is 16.3. The third-order valence-corrected chi connectivity index (χ3v) is 12.6. The van der Waals surface area contributed by atoms with Crippen molar-refractivity contribution >= 4 is 39.9 Å². The van der Waals surface area contributed by atoms with Crippen LogP contribution in [-0.2, 0) is 11.8 Å². The van der Waals surface area contributed by atoms with Crippen LogP contribution >= 0.6 is 28.1 Å². The van der Waals surface area contributed by atoms with Gasteiger partial charge in [-0.3, -0.25) is 0 Å². The molecule has 2 fully saturated rings. The molecule has 0 radical (unpaired) electrons. The Balaban J connectivity index is 1.87. The van der Waals surface area contributed by atoms with Gasteiger partial charge in [0.15, 0.2) is 0 Å². The highest BCUT2D eigenvalue weighted by molar-refractivity contribution is 8.96. The van der Waals surface area contributed by atoms with E-state index in [1.54, 1.807) is 0 Å². The minimum atomic E-state index is -1.39. The molecule has 0 nitrogen and oxygen atoms in total. The van der Waals surface area contributed by atoms with Crippen LogP contribution in [0.15, 0.2) is 0 Å². The van der Waals surface area contributed by atoms with Crippen LogP contribution in [0, 0.1) is 0 Å². The summed E-state index contributed by atoms with van der Waals surface area (Å²) < 4.78 is -1.39. The van der Waals surface area contributed by atoms with Gasteiger partial charge in [-0.2, -0.15) is 0 Å². The molecule has 0 aromatic rings. The molecule has 94 valence electrons. The van der Waals surface area contributed by atoms with Crippen molar-refractivity contribution in [2.24, 2.45) is 0 Å². The van der Waals surface area contributed by atoms with Crippen LogP contribution in [0.3, 0.4) is 0 Å². The van der Waals surface area contributed by atoms with Gasteiger partial charge in [0.25, 0.3) is 0 Å². The second-order valence-electron chi connectivity index (χ2n) is 5.22. The smallest absolute Gasteiger partial charge is 0.0575 e. The highest BCUT2D eigenvalue weighted by Gasteiger charge is 2.30. The zero-order valence-electron chi connectivity index (χ0n) is 9.94. The Kier molecular flexibility index (Phi) is 5.59. The maximum atomic E-state index is 5.88. The summed E-state index contributed by atoms with van der Waals surface area (Å²) in [7, 11) is 0. The Bertz CT molecular complexity index is 255. The molecule has 16 heavy (non-hydrogen) atoms. The molecular weight excluding hydrogens is 271 g/mol. The van der Waals surface area contributed by atoms with Gasteiger partial charge >= 0.3 is 0 Å². The van der Waals surface area contributed by atoms with E-state index in [1.807, 2.05) is 0 Å². The predicted molar refractivity (Wildman–Crippen MR) is 84.6 cm³/mol. The standard InChI is InChI=1S/C12H23PS3/c14-13(15,11-7-3-1-4-8-11)16-12-9-5-2-6-10-12/h11-12H,1-10H2,(H,14,15). The van der Waals surface area contributed by atoms with Crippen LogP contribution in [0.25, 0.3) is 0 Å². The number of hydrogen-bond acceptors (Lipinski definition) is 2. The third kappa shape index (κ3) is 3.93. The monoisotopic (exact) mass is 294 g/mol. The van der Waals surface area contributed by atoms with Gasteiger partial charge < -0.3 is 0 Å². The van der Waals surface area contributed by atoms with Crippen molar-refractivity contribution in [3.05, 3.63) is 0 Å². The van der Waals surface area contributed by atoms with Crippen molar-refractivity contribution in [3.8, 4) is 0 Å². The third-order valence-electron chi connectivity index (χ3n) is 3.89. The molecule has 2 aliphatic carbocycles. The van der Waals surface area contributed by atoms with Crippen LogP contribution in [0.1, 0.15) is 64.2 Å². The number of hydrogen-bond donors (Lipinski definition) is 1. The average Bonchev–Trinajstić information content (AvgIpc) is 2.31. The lowest BCUT2D eigenvalue weighted by atomic mass is 10.0. The molecular formula is C12H23PS3. The molecule has 0 N–H and O–H groups in total. The summed E-state index contributed by atoms with van der Waals surface area (Å²) >= 11 is 12.9. The van der Waals surface area contributed by atoms with E-state index in [4.69, 9.17) is 24.1 Å². The Hall–Kier alpha value is 1.35. The first-order chi connectivity index (χ1) is 7.68. The summed E-state index contributed by atoms with van der Waals surface area (Å²) in [5, 5.41) is 0.846. The minimum absolute atomic E-state index is 0.784. The molecule has 4 heteroatoms. The summed E-state index contributed by atoms with van der Waals surface area (Å²) in [6.45, 7) is 0. The first-order valence-corrected chi connectivity index (χ1v) is 12.2. The molecule has 1 unspecified atom stereocenters. The second kappa shape index (κ2) is 6.50. The Morgan fingerprint density at radius 1 is 0.875 bits per heavy atom. The van der Waals surface area contributed by atoms with E-state index in [-0.39, 0.29) is 0 Å². The van der Waals surface area contributed by atoms with Crippen LogP contribution in [0.2, 0.25) is 0 Å². The van der Waals surface area contributed by atoms with Gasteiger partial charge in [-0.05, 0) is 25.7 Å². The maximum absolute atomic E-state index is 5.88. The van der Waals surface area contributed by atoms with Gasteiger partial charge in [0, 0.05) is 10.9 Å². The fraction of sp³-hybridized carbons (Fsp3) is 1.00. The van der Waals surface area contributed by atoms with E-state index in [0.717, 1.165) is 10.9 Å². The summed E-state index contributed by atoms with van der Waals surface area (Å²) in [6.07, 6.45) is 14.0. The van der Waals surface area contributed by atoms with Gasteiger partial charge in [0.1, 0.15) is 0 Å². The normalized spacial score (nSPS) is 28.8. The van der Waals surface area contributed by atoms with Crippen molar-refractivity contribution in [1.29, 1.82) is 0 Å². The molecule has 0 aliphatic heterocycles. The molecule has 0 spiro atoms. The van der Waals surface area contributed by atoms with Crippen LogP contribution in [0.5, 0.6) is 0 Å². The molecule has 0 amide bonds. The molecule has 0 heterocycles. The van der Waals surface area contributed by atoms with E-state index in [9.17, 15) is 0 Å². The number of thiol groups is 1. The van der Waals surface area contributed by atoms with Crippen molar-refractivity contribution < 1.29 is 0 Å². The fourth-order valence-electron chi connectivity index (χ4n) is 2.88. The lowest BCUT2D eigenvalue weighted by Crippen LogP contribution is -2.13. The summed E-state index contributed by atoms with van der Waals surface area (Å²) in [5.74, 6) is 0. The molecule has 2 rings (SSSR count). The van der Waals surface area contributed by atoms with Gasteiger partial charge in [-0.1, -0.05) is 50.3 Å². The van der Waals surface area contributed by atoms with E-state index < -0.39 is 4.44 Å². The highest BCUT2D eigenvalue weighted by atomic mass is 33.2. The quantitative estimate of drug-likeness (QED) is 0.529. The Morgan fingerprint density at radius 2 is 1.38 bits per heavy atom. The molecule has 0 aromatic carbocycles. The topological polar surface area (TPSA) is 0 Å². The molecule has 2 aliphatic rings. The van der Waals surface area contributed by atoms with Crippen LogP contribution < -0.4 is 0 Å². The average molecular weight is 294 g/mol. The van der Waals surface area contributed by atoms with E-state index in [0.29, 0.717) is 0 Å². The van der Waals surface area contributed by atoms with Gasteiger partial charge in [0.2, 0.25) is 0 Å². The maximum Gasteiger partial charge on any atom is 0.0575 e. The largest absolute Gasteiger partial charge is 0.131 e. The fourth-order valence-corrected chi connectivity index (χ4v) is 11.7. The lowest BCUT2D eigenvalue weighted by Gasteiger charge is -2.33. The molecule has 2 saturated carbocycles. The van der Waals surface area contributed by atoms with E-state index in [1.165, 1.54) is 64.2 Å². The Morgan fingerprint density at radius 3 is 1.94 bits per heavy atom. The van der Waals surface area contributed by atoms with E-state index >= 15 is 0 Å². The van der Waals surface area contributed by atoms with Crippen molar-refractivity contribution in [3.63, 3.8) is 0 Å². The summed E-state index contributed by atoms with van der Waals surface area (Å²) in [6, 6.07) is 0. The molecule has 0 saturated heterocycles. The molecule has 0 bridgehead atoms.